The molecule has 0 aromatic heterocycles. The summed E-state index contributed by atoms with van der Waals surface area (Å²) in [5.41, 5.74) is 5.33. The molecule has 0 radical (unpaired) electrons. The van der Waals surface area contributed by atoms with Gasteiger partial charge in [-0.3, -0.25) is 9.59 Å². The second-order valence-corrected chi connectivity index (χ2v) is 8.49. The Kier molecular flexibility index (Phi) is 6.05. The monoisotopic (exact) mass is 441 g/mol. The Morgan fingerprint density at radius 1 is 0.939 bits per heavy atom. The number of carbonyl (C=O) groups excluding carboxylic acids is 2. The minimum Gasteiger partial charge on any atom is -0.507 e. The van der Waals surface area contributed by atoms with Crippen molar-refractivity contribution in [3.63, 3.8) is 0 Å². The van der Waals surface area contributed by atoms with Gasteiger partial charge in [0.25, 0.3) is 11.7 Å². The van der Waals surface area contributed by atoms with Crippen LogP contribution < -0.4 is 4.74 Å². The number of rotatable bonds is 5. The summed E-state index contributed by atoms with van der Waals surface area (Å²) in [6, 6.07) is 19.9. The molecule has 1 atom stereocenters. The first kappa shape index (κ1) is 22.3. The number of carbonyl (C=O) groups is 2. The Labute approximate surface area is 193 Å². The lowest BCUT2D eigenvalue weighted by molar-refractivity contribution is -0.140. The van der Waals surface area contributed by atoms with E-state index in [0.717, 1.165) is 27.8 Å². The first-order valence-corrected chi connectivity index (χ1v) is 10.9. The van der Waals surface area contributed by atoms with Crippen LogP contribution in [0.1, 0.15) is 39.4 Å². The van der Waals surface area contributed by atoms with E-state index in [4.69, 9.17) is 4.74 Å². The molecule has 1 fully saturated rings. The van der Waals surface area contributed by atoms with E-state index in [1.54, 1.807) is 13.2 Å². The van der Waals surface area contributed by atoms with E-state index >= 15 is 0 Å². The normalized spacial score (nSPS) is 17.5. The summed E-state index contributed by atoms with van der Waals surface area (Å²) in [6.07, 6.45) is 0. The van der Waals surface area contributed by atoms with Crippen molar-refractivity contribution in [3.8, 4) is 5.75 Å². The Morgan fingerprint density at radius 3 is 2.39 bits per heavy atom. The van der Waals surface area contributed by atoms with Gasteiger partial charge >= 0.3 is 0 Å². The highest BCUT2D eigenvalue weighted by molar-refractivity contribution is 6.46. The Morgan fingerprint density at radius 2 is 1.70 bits per heavy atom. The van der Waals surface area contributed by atoms with Crippen LogP contribution in [0.3, 0.4) is 0 Å². The molecule has 33 heavy (non-hydrogen) atoms. The molecular weight excluding hydrogens is 414 g/mol. The summed E-state index contributed by atoms with van der Waals surface area (Å²) in [7, 11) is 1.58. The number of nitrogens with zero attached hydrogens (tertiary/aromatic N) is 1. The maximum absolute atomic E-state index is 13.2. The van der Waals surface area contributed by atoms with Gasteiger partial charge in [-0.25, -0.2) is 0 Å². The summed E-state index contributed by atoms with van der Waals surface area (Å²) in [5.74, 6) is -0.794. The molecule has 0 spiro atoms. The molecule has 0 aliphatic carbocycles. The Balaban J connectivity index is 1.87. The number of aliphatic hydroxyl groups is 1. The summed E-state index contributed by atoms with van der Waals surface area (Å²) >= 11 is 0. The van der Waals surface area contributed by atoms with Gasteiger partial charge in [-0.1, -0.05) is 54.1 Å². The number of ether oxygens (including phenoxy) is 1. The first-order valence-electron chi connectivity index (χ1n) is 10.9. The van der Waals surface area contributed by atoms with Gasteiger partial charge in [0, 0.05) is 12.1 Å². The lowest BCUT2D eigenvalue weighted by Gasteiger charge is -2.26. The zero-order chi connectivity index (χ0) is 23.7. The number of hydrogen-bond donors (Lipinski definition) is 1. The summed E-state index contributed by atoms with van der Waals surface area (Å²) in [5, 5.41) is 11.3. The number of ketones is 1. The number of aryl methyl sites for hydroxylation is 3. The van der Waals surface area contributed by atoms with Crippen molar-refractivity contribution in [2.45, 2.75) is 33.4 Å². The fraction of sp³-hybridized carbons (Fsp3) is 0.214. The van der Waals surface area contributed by atoms with Crippen molar-refractivity contribution in [3.05, 3.63) is 106 Å². The highest BCUT2D eigenvalue weighted by Gasteiger charge is 2.46. The molecule has 1 aliphatic heterocycles. The lowest BCUT2D eigenvalue weighted by Crippen LogP contribution is -2.29. The lowest BCUT2D eigenvalue weighted by atomic mass is 9.93. The highest BCUT2D eigenvalue weighted by Crippen LogP contribution is 2.40. The smallest absolute Gasteiger partial charge is 0.295 e. The van der Waals surface area contributed by atoms with Gasteiger partial charge in [0.1, 0.15) is 11.5 Å². The maximum Gasteiger partial charge on any atom is 0.295 e. The minimum absolute atomic E-state index is 0.108. The van der Waals surface area contributed by atoms with E-state index in [1.807, 2.05) is 81.4 Å². The summed E-state index contributed by atoms with van der Waals surface area (Å²) in [4.78, 5) is 28.0. The van der Waals surface area contributed by atoms with Crippen LogP contribution >= 0.6 is 0 Å². The molecular formula is C28H27NO4. The van der Waals surface area contributed by atoms with Gasteiger partial charge in [-0.15, -0.1) is 0 Å². The predicted molar refractivity (Wildman–Crippen MR) is 128 cm³/mol. The van der Waals surface area contributed by atoms with Crippen molar-refractivity contribution in [1.82, 2.24) is 4.90 Å². The number of likely N-dealkylation sites (tertiary alicyclic amines) is 1. The van der Waals surface area contributed by atoms with Crippen molar-refractivity contribution in [1.29, 1.82) is 0 Å². The molecule has 4 rings (SSSR count). The van der Waals surface area contributed by atoms with Crippen molar-refractivity contribution < 1.29 is 19.4 Å². The van der Waals surface area contributed by atoms with Crippen LogP contribution in [0.4, 0.5) is 0 Å². The van der Waals surface area contributed by atoms with E-state index < -0.39 is 17.7 Å². The van der Waals surface area contributed by atoms with Gasteiger partial charge in [-0.05, 0) is 61.2 Å². The highest BCUT2D eigenvalue weighted by atomic mass is 16.5. The third-order valence-corrected chi connectivity index (χ3v) is 6.17. The molecule has 3 aromatic rings. The largest absolute Gasteiger partial charge is 0.507 e. The Hall–Kier alpha value is -3.86. The number of Topliss-reactive ketones (excluding diaryl/α,β-unsaturated/α-hetero) is 1. The van der Waals surface area contributed by atoms with Crippen molar-refractivity contribution in [2.75, 3.05) is 7.11 Å². The van der Waals surface area contributed by atoms with Crippen LogP contribution in [0, 0.1) is 20.8 Å². The van der Waals surface area contributed by atoms with Crippen LogP contribution in [-0.4, -0.2) is 28.8 Å². The number of benzene rings is 3. The van der Waals surface area contributed by atoms with Gasteiger partial charge in [0.15, 0.2) is 0 Å². The third kappa shape index (κ3) is 4.27. The SMILES string of the molecule is COc1cccc(CN2C(=O)C(=O)/C(=C(\O)c3ccc(C)c(C)c3)C2c2cccc(C)c2)c1. The van der Waals surface area contributed by atoms with Gasteiger partial charge < -0.3 is 14.7 Å². The van der Waals surface area contributed by atoms with Gasteiger partial charge in [0.2, 0.25) is 0 Å². The standard InChI is InChI=1S/C28H27NO4/c1-17-7-5-9-21(13-17)25-24(26(30)22-12-11-18(2)19(3)14-22)27(31)28(32)29(25)16-20-8-6-10-23(15-20)33-4/h5-15,25,30H,16H2,1-4H3/b26-24-. The fourth-order valence-corrected chi connectivity index (χ4v) is 4.24. The molecule has 1 amide bonds. The van der Waals surface area contributed by atoms with E-state index in [-0.39, 0.29) is 17.9 Å². The fourth-order valence-electron chi connectivity index (χ4n) is 4.24. The molecule has 0 saturated carbocycles. The topological polar surface area (TPSA) is 66.8 Å². The minimum atomic E-state index is -0.697. The Bertz CT molecular complexity index is 1270. The molecule has 1 N–H and O–H groups in total. The third-order valence-electron chi connectivity index (χ3n) is 6.17. The van der Waals surface area contributed by atoms with Crippen molar-refractivity contribution >= 4 is 17.4 Å². The average Bonchev–Trinajstić information content (AvgIpc) is 3.05. The van der Waals surface area contributed by atoms with E-state index in [0.29, 0.717) is 11.3 Å². The van der Waals surface area contributed by atoms with E-state index in [9.17, 15) is 14.7 Å². The number of aliphatic hydroxyl groups excluding tert-OH is 1. The zero-order valence-electron chi connectivity index (χ0n) is 19.3. The molecule has 1 unspecified atom stereocenters. The molecule has 1 aliphatic rings. The van der Waals surface area contributed by atoms with Crippen LogP contribution in [0.15, 0.2) is 72.3 Å². The van der Waals surface area contributed by atoms with Crippen molar-refractivity contribution in [2.24, 2.45) is 0 Å². The summed E-state index contributed by atoms with van der Waals surface area (Å²) in [6.45, 7) is 6.11. The molecule has 3 aromatic carbocycles. The molecule has 5 heteroatoms. The van der Waals surface area contributed by atoms with E-state index in [1.165, 1.54) is 4.90 Å². The quantitative estimate of drug-likeness (QED) is 0.334. The second-order valence-electron chi connectivity index (χ2n) is 8.49. The van der Waals surface area contributed by atoms with Crippen LogP contribution in [0.25, 0.3) is 5.76 Å². The second kappa shape index (κ2) is 8.94. The first-order chi connectivity index (χ1) is 15.8. The van der Waals surface area contributed by atoms with Gasteiger partial charge in [0.05, 0.1) is 18.7 Å². The van der Waals surface area contributed by atoms with Gasteiger partial charge in [-0.2, -0.15) is 0 Å². The predicted octanol–water partition coefficient (Wildman–Crippen LogP) is 5.24. The molecule has 5 nitrogen and oxygen atoms in total. The molecule has 1 heterocycles. The van der Waals surface area contributed by atoms with Crippen LogP contribution in [-0.2, 0) is 16.1 Å². The summed E-state index contributed by atoms with van der Waals surface area (Å²) < 4.78 is 5.31. The number of amides is 1. The number of hydrogen-bond acceptors (Lipinski definition) is 4. The molecule has 168 valence electrons. The average molecular weight is 442 g/mol. The molecule has 1 saturated heterocycles. The van der Waals surface area contributed by atoms with E-state index in [2.05, 4.69) is 0 Å². The maximum atomic E-state index is 13.2. The molecule has 0 bridgehead atoms. The zero-order valence-corrected chi connectivity index (χ0v) is 19.3. The van der Waals surface area contributed by atoms with Crippen LogP contribution in [0.5, 0.6) is 5.75 Å². The number of methoxy groups -OCH3 is 1. The van der Waals surface area contributed by atoms with Crippen LogP contribution in [0.2, 0.25) is 0 Å².